The quantitative estimate of drug-likeness (QED) is 0.555. The number of hydroxylamine groups is 1. The van der Waals surface area contributed by atoms with Gasteiger partial charge in [-0.15, -0.1) is 0 Å². The lowest BCUT2D eigenvalue weighted by Crippen LogP contribution is -2.28. The van der Waals surface area contributed by atoms with E-state index in [2.05, 4.69) is 15.0 Å². The van der Waals surface area contributed by atoms with Gasteiger partial charge in [0, 0.05) is 19.2 Å². The van der Waals surface area contributed by atoms with Crippen molar-refractivity contribution in [2.75, 3.05) is 27.4 Å². The zero-order chi connectivity index (χ0) is 15.2. The first kappa shape index (κ1) is 16.6. The van der Waals surface area contributed by atoms with Crippen molar-refractivity contribution < 1.29 is 22.8 Å². The highest BCUT2D eigenvalue weighted by molar-refractivity contribution is 7.89. The predicted octanol–water partition coefficient (Wildman–Crippen LogP) is 0.211. The van der Waals surface area contributed by atoms with Crippen LogP contribution in [-0.2, 0) is 19.6 Å². The van der Waals surface area contributed by atoms with E-state index >= 15 is 0 Å². The Morgan fingerprint density at radius 3 is 2.60 bits per heavy atom. The van der Waals surface area contributed by atoms with E-state index < -0.39 is 15.9 Å². The molecule has 1 aromatic carbocycles. The van der Waals surface area contributed by atoms with Gasteiger partial charge in [0.2, 0.25) is 10.0 Å². The molecule has 0 aromatic heterocycles. The van der Waals surface area contributed by atoms with E-state index in [4.69, 9.17) is 4.74 Å². The predicted molar refractivity (Wildman–Crippen MR) is 72.7 cm³/mol. The maximum atomic E-state index is 12.0. The van der Waals surface area contributed by atoms with Crippen molar-refractivity contribution in [3.05, 3.63) is 29.3 Å². The van der Waals surface area contributed by atoms with E-state index in [1.807, 2.05) is 0 Å². The van der Waals surface area contributed by atoms with E-state index in [9.17, 15) is 13.2 Å². The Bertz CT molecular complexity index is 571. The molecule has 0 unspecified atom stereocenters. The molecule has 0 fully saturated rings. The van der Waals surface area contributed by atoms with Crippen molar-refractivity contribution in [2.45, 2.75) is 11.8 Å². The summed E-state index contributed by atoms with van der Waals surface area (Å²) >= 11 is 0. The Hall–Kier alpha value is -1.48. The fourth-order valence-corrected chi connectivity index (χ4v) is 2.56. The van der Waals surface area contributed by atoms with Gasteiger partial charge in [-0.1, -0.05) is 6.07 Å². The van der Waals surface area contributed by atoms with Crippen LogP contribution >= 0.6 is 0 Å². The van der Waals surface area contributed by atoms with Crippen LogP contribution in [0, 0.1) is 6.92 Å². The molecular formula is C12H18N2O5S. The van der Waals surface area contributed by atoms with Crippen LogP contribution in [-0.4, -0.2) is 41.7 Å². The molecule has 8 heteroatoms. The SMILES string of the molecule is COCCNS(=O)(=O)c1ccc(C)c(C(=O)NOC)c1. The van der Waals surface area contributed by atoms with E-state index in [1.165, 1.54) is 26.4 Å². The lowest BCUT2D eigenvalue weighted by atomic mass is 10.1. The molecule has 0 aliphatic heterocycles. The van der Waals surface area contributed by atoms with Gasteiger partial charge in [0.15, 0.2) is 0 Å². The molecule has 112 valence electrons. The Balaban J connectivity index is 3.02. The fraction of sp³-hybridized carbons (Fsp3) is 0.417. The van der Waals surface area contributed by atoms with Crippen LogP contribution in [0.2, 0.25) is 0 Å². The van der Waals surface area contributed by atoms with Gasteiger partial charge in [0.05, 0.1) is 18.6 Å². The Morgan fingerprint density at radius 1 is 1.30 bits per heavy atom. The Kier molecular flexibility index (Phi) is 6.08. The summed E-state index contributed by atoms with van der Waals surface area (Å²) in [6, 6.07) is 4.31. The molecule has 0 aliphatic carbocycles. The average molecular weight is 302 g/mol. The van der Waals surface area contributed by atoms with E-state index in [1.54, 1.807) is 13.0 Å². The summed E-state index contributed by atoms with van der Waals surface area (Å²) < 4.78 is 31.2. The second-order valence-corrected chi connectivity index (χ2v) is 5.77. The molecule has 0 spiro atoms. The minimum Gasteiger partial charge on any atom is -0.383 e. The number of benzene rings is 1. The number of carbonyl (C=O) groups excluding carboxylic acids is 1. The first-order valence-electron chi connectivity index (χ1n) is 5.85. The molecule has 0 saturated heterocycles. The van der Waals surface area contributed by atoms with Crippen molar-refractivity contribution in [3.63, 3.8) is 0 Å². The number of aryl methyl sites for hydroxylation is 1. The summed E-state index contributed by atoms with van der Waals surface area (Å²) in [6.07, 6.45) is 0. The summed E-state index contributed by atoms with van der Waals surface area (Å²) in [6.45, 7) is 2.13. The largest absolute Gasteiger partial charge is 0.383 e. The van der Waals surface area contributed by atoms with Crippen molar-refractivity contribution in [1.29, 1.82) is 0 Å². The van der Waals surface area contributed by atoms with Crippen molar-refractivity contribution in [2.24, 2.45) is 0 Å². The second kappa shape index (κ2) is 7.34. The van der Waals surface area contributed by atoms with Gasteiger partial charge in [0.25, 0.3) is 5.91 Å². The topological polar surface area (TPSA) is 93.7 Å². The number of amides is 1. The summed E-state index contributed by atoms with van der Waals surface area (Å²) in [5.41, 5.74) is 3.05. The van der Waals surface area contributed by atoms with Gasteiger partial charge in [-0.25, -0.2) is 18.6 Å². The number of rotatable bonds is 7. The van der Waals surface area contributed by atoms with Crippen LogP contribution in [0.5, 0.6) is 0 Å². The monoisotopic (exact) mass is 302 g/mol. The van der Waals surface area contributed by atoms with Crippen molar-refractivity contribution >= 4 is 15.9 Å². The summed E-state index contributed by atoms with van der Waals surface area (Å²) in [5, 5.41) is 0. The highest BCUT2D eigenvalue weighted by Gasteiger charge is 2.17. The molecule has 0 bridgehead atoms. The number of carbonyl (C=O) groups is 1. The van der Waals surface area contributed by atoms with Crippen LogP contribution in [0.1, 0.15) is 15.9 Å². The van der Waals surface area contributed by atoms with Gasteiger partial charge in [0.1, 0.15) is 0 Å². The smallest absolute Gasteiger partial charge is 0.275 e. The lowest BCUT2D eigenvalue weighted by molar-refractivity contribution is 0.0537. The number of hydrogen-bond acceptors (Lipinski definition) is 5. The molecule has 7 nitrogen and oxygen atoms in total. The van der Waals surface area contributed by atoms with Crippen LogP contribution in [0.25, 0.3) is 0 Å². The van der Waals surface area contributed by atoms with Gasteiger partial charge < -0.3 is 4.74 Å². The first-order valence-corrected chi connectivity index (χ1v) is 7.33. The van der Waals surface area contributed by atoms with Crippen molar-refractivity contribution in [1.82, 2.24) is 10.2 Å². The maximum absolute atomic E-state index is 12.0. The Morgan fingerprint density at radius 2 is 2.00 bits per heavy atom. The minimum absolute atomic E-state index is 0.0143. The number of methoxy groups -OCH3 is 1. The Labute approximate surface area is 118 Å². The molecule has 2 N–H and O–H groups in total. The third-order valence-electron chi connectivity index (χ3n) is 2.56. The van der Waals surface area contributed by atoms with E-state index in [0.29, 0.717) is 5.56 Å². The zero-order valence-electron chi connectivity index (χ0n) is 11.6. The molecular weight excluding hydrogens is 284 g/mol. The van der Waals surface area contributed by atoms with Crippen LogP contribution in [0.15, 0.2) is 23.1 Å². The molecule has 0 saturated carbocycles. The van der Waals surface area contributed by atoms with Crippen LogP contribution in [0.3, 0.4) is 0 Å². The number of hydrogen-bond donors (Lipinski definition) is 2. The van der Waals surface area contributed by atoms with Crippen LogP contribution < -0.4 is 10.2 Å². The molecule has 0 heterocycles. The first-order chi connectivity index (χ1) is 9.42. The molecule has 20 heavy (non-hydrogen) atoms. The maximum Gasteiger partial charge on any atom is 0.275 e. The third kappa shape index (κ3) is 4.27. The zero-order valence-corrected chi connectivity index (χ0v) is 12.4. The summed E-state index contributed by atoms with van der Waals surface area (Å²) in [5.74, 6) is -0.501. The minimum atomic E-state index is -3.67. The van der Waals surface area contributed by atoms with Gasteiger partial charge in [-0.2, -0.15) is 0 Å². The van der Waals surface area contributed by atoms with Crippen molar-refractivity contribution in [3.8, 4) is 0 Å². The standard InChI is InChI=1S/C12H18N2O5S/c1-9-4-5-10(8-11(9)12(15)14-19-3)20(16,17)13-6-7-18-2/h4-5,8,13H,6-7H2,1-3H3,(H,14,15). The number of ether oxygens (including phenoxy) is 1. The molecule has 0 atom stereocenters. The third-order valence-corrected chi connectivity index (χ3v) is 4.02. The summed E-state index contributed by atoms with van der Waals surface area (Å²) in [4.78, 5) is 16.3. The fourth-order valence-electron chi connectivity index (χ4n) is 1.52. The molecule has 1 aromatic rings. The average Bonchev–Trinajstić information content (AvgIpc) is 2.39. The van der Waals surface area contributed by atoms with E-state index in [-0.39, 0.29) is 23.6 Å². The molecule has 0 radical (unpaired) electrons. The normalized spacial score (nSPS) is 11.3. The number of sulfonamides is 1. The number of nitrogens with one attached hydrogen (secondary N) is 2. The summed E-state index contributed by atoms with van der Waals surface area (Å²) in [7, 11) is -0.886. The highest BCUT2D eigenvalue weighted by Crippen LogP contribution is 2.15. The molecule has 1 amide bonds. The van der Waals surface area contributed by atoms with Gasteiger partial charge in [-0.3, -0.25) is 9.63 Å². The van der Waals surface area contributed by atoms with Crippen LogP contribution in [0.4, 0.5) is 0 Å². The van der Waals surface area contributed by atoms with Gasteiger partial charge in [-0.05, 0) is 24.6 Å². The molecule has 0 aliphatic rings. The molecule has 1 rings (SSSR count). The second-order valence-electron chi connectivity index (χ2n) is 4.00. The van der Waals surface area contributed by atoms with E-state index in [0.717, 1.165) is 0 Å². The van der Waals surface area contributed by atoms with Gasteiger partial charge >= 0.3 is 0 Å². The lowest BCUT2D eigenvalue weighted by Gasteiger charge is -2.10. The highest BCUT2D eigenvalue weighted by atomic mass is 32.2.